The van der Waals surface area contributed by atoms with Crippen molar-refractivity contribution in [2.24, 2.45) is 56.3 Å². The molecule has 0 radical (unpaired) electrons. The summed E-state index contributed by atoms with van der Waals surface area (Å²) in [5.74, 6) is -6.62. The van der Waals surface area contributed by atoms with Crippen LogP contribution in [0.4, 0.5) is 8.78 Å². The highest BCUT2D eigenvalue weighted by molar-refractivity contribution is 6.36. The topological polar surface area (TPSA) is 170 Å². The Morgan fingerprint density at radius 3 is 1.86 bits per heavy atom. The number of primary amides is 1. The van der Waals surface area contributed by atoms with Crippen molar-refractivity contribution in [3.63, 3.8) is 0 Å². The highest BCUT2D eigenvalue weighted by atomic mass is 19.3. The summed E-state index contributed by atoms with van der Waals surface area (Å²) in [4.78, 5) is 80.7. The van der Waals surface area contributed by atoms with Crippen LogP contribution in [-0.2, 0) is 28.8 Å². The number of carbonyl (C=O) groups is 6. The molecule has 10 nitrogen and oxygen atoms in total. The smallest absolute Gasteiger partial charge is 0.285 e. The molecule has 3 rings (SSSR count). The summed E-state index contributed by atoms with van der Waals surface area (Å²) < 4.78 is 26.9. The van der Waals surface area contributed by atoms with E-state index in [4.69, 9.17) is 11.5 Å². The number of likely N-dealkylation sites (tertiary alicyclic amines) is 1. The van der Waals surface area contributed by atoms with Crippen LogP contribution in [-0.4, -0.2) is 71.1 Å². The van der Waals surface area contributed by atoms with Crippen molar-refractivity contribution < 1.29 is 37.5 Å². The Morgan fingerprint density at radius 1 is 0.878 bits per heavy atom. The van der Waals surface area contributed by atoms with E-state index < -0.39 is 65.6 Å². The molecule has 5 atom stereocenters. The minimum absolute atomic E-state index is 0.0471. The first-order valence-electron chi connectivity index (χ1n) is 17.7. The van der Waals surface area contributed by atoms with Crippen molar-refractivity contribution in [3.8, 4) is 0 Å². The molecule has 12 heteroatoms. The van der Waals surface area contributed by atoms with Gasteiger partial charge < -0.3 is 21.7 Å². The Morgan fingerprint density at radius 2 is 1.45 bits per heavy atom. The van der Waals surface area contributed by atoms with Crippen LogP contribution in [0, 0.1) is 44.8 Å². The number of amides is 3. The molecule has 3 aliphatic rings. The van der Waals surface area contributed by atoms with Crippen molar-refractivity contribution in [1.29, 1.82) is 0 Å². The Balaban J connectivity index is 1.92. The number of rotatable bonds is 15. The maximum absolute atomic E-state index is 14.7. The molecule has 3 fully saturated rings. The first-order chi connectivity index (χ1) is 22.1. The SMILES string of the molecule is CC(C)(N)C(=O)NC[C@@H](CC(=O)C[C@H](C(=O)N1C[C@]2(C[C@H]1C(=O)CC(CC(F)F)C(=O)C(N)=O)C(C)(C)C21CCC1)C(C)(C)C)C(C)(C)C. The molecule has 2 saturated carbocycles. The highest BCUT2D eigenvalue weighted by Crippen LogP contribution is 2.88. The van der Waals surface area contributed by atoms with Crippen LogP contribution in [0.3, 0.4) is 0 Å². The predicted octanol–water partition coefficient (Wildman–Crippen LogP) is 4.60. The molecule has 1 heterocycles. The third-order valence-corrected chi connectivity index (χ3v) is 12.6. The van der Waals surface area contributed by atoms with Crippen LogP contribution < -0.4 is 16.8 Å². The van der Waals surface area contributed by atoms with Crippen LogP contribution in [0.1, 0.15) is 121 Å². The Hall–Kier alpha value is -2.76. The van der Waals surface area contributed by atoms with Crippen molar-refractivity contribution >= 4 is 35.1 Å². The molecular weight excluding hydrogens is 634 g/mol. The Labute approximate surface area is 290 Å². The number of carbonyl (C=O) groups excluding carboxylic acids is 6. The first-order valence-corrected chi connectivity index (χ1v) is 17.7. The summed E-state index contributed by atoms with van der Waals surface area (Å²) in [7, 11) is 0. The second-order valence-electron chi connectivity index (χ2n) is 18.4. The zero-order chi connectivity index (χ0) is 37.7. The number of alkyl halides is 2. The van der Waals surface area contributed by atoms with Gasteiger partial charge in [0.05, 0.1) is 11.6 Å². The van der Waals surface area contributed by atoms with Gasteiger partial charge in [0.25, 0.3) is 5.91 Å². The lowest BCUT2D eigenvalue weighted by molar-refractivity contribution is -0.147. The van der Waals surface area contributed by atoms with Gasteiger partial charge in [-0.15, -0.1) is 0 Å². The normalized spacial score (nSPS) is 24.7. The molecule has 278 valence electrons. The predicted molar refractivity (Wildman–Crippen MR) is 182 cm³/mol. The fourth-order valence-electron chi connectivity index (χ4n) is 8.87. The summed E-state index contributed by atoms with van der Waals surface area (Å²) >= 11 is 0. The largest absolute Gasteiger partial charge is 0.363 e. The second-order valence-corrected chi connectivity index (χ2v) is 18.4. The molecule has 0 aromatic rings. The van der Waals surface area contributed by atoms with E-state index in [0.717, 1.165) is 19.3 Å². The molecule has 49 heavy (non-hydrogen) atoms. The van der Waals surface area contributed by atoms with Crippen LogP contribution in [0.2, 0.25) is 0 Å². The van der Waals surface area contributed by atoms with E-state index in [1.807, 2.05) is 41.5 Å². The molecule has 3 amide bonds. The maximum atomic E-state index is 14.7. The number of nitrogens with two attached hydrogens (primary N) is 2. The van der Waals surface area contributed by atoms with Crippen LogP contribution in [0.15, 0.2) is 0 Å². The van der Waals surface area contributed by atoms with Gasteiger partial charge in [0.1, 0.15) is 5.78 Å². The molecule has 1 unspecified atom stereocenters. The van der Waals surface area contributed by atoms with Crippen molar-refractivity contribution in [2.75, 3.05) is 13.1 Å². The van der Waals surface area contributed by atoms with Gasteiger partial charge in [-0.25, -0.2) is 8.78 Å². The monoisotopic (exact) mass is 694 g/mol. The van der Waals surface area contributed by atoms with E-state index in [9.17, 15) is 37.5 Å². The summed E-state index contributed by atoms with van der Waals surface area (Å²) in [5, 5.41) is 2.86. The minimum Gasteiger partial charge on any atom is -0.363 e. The van der Waals surface area contributed by atoms with Gasteiger partial charge in [-0.1, -0.05) is 61.8 Å². The van der Waals surface area contributed by atoms with Gasteiger partial charge in [0.15, 0.2) is 5.78 Å². The molecule has 2 spiro atoms. The molecular formula is C37H60F2N4O6. The average molecular weight is 695 g/mol. The standard InChI is InChI=1S/C37H60F2N4O6/c1-32(2,3)22(19-42-31(49)34(7,8)41)16-23(44)17-24(33(4,5)6)30(48)43-20-37(35(9,10)36(37)12-11-13-36)18-25(43)26(45)14-21(15-27(38)39)28(46)29(40)47/h21-22,24-25,27H,11-20,41H2,1-10H3,(H2,40,47)(H,42,49)/t21?,22-,24-,25+,37-/m1/s1. The van der Waals surface area contributed by atoms with E-state index in [1.165, 1.54) is 0 Å². The molecule has 0 aromatic heterocycles. The fraction of sp³-hybridized carbons (Fsp3) is 0.838. The Kier molecular flexibility index (Phi) is 11.4. The summed E-state index contributed by atoms with van der Waals surface area (Å²) in [6.45, 7) is 19.6. The lowest BCUT2D eigenvalue weighted by Gasteiger charge is -2.36. The van der Waals surface area contributed by atoms with Crippen molar-refractivity contribution in [2.45, 2.75) is 139 Å². The number of ketones is 3. The summed E-state index contributed by atoms with van der Waals surface area (Å²) in [6.07, 6.45) is -1.20. The van der Waals surface area contributed by atoms with E-state index in [1.54, 1.807) is 18.7 Å². The van der Waals surface area contributed by atoms with E-state index in [-0.39, 0.29) is 64.6 Å². The molecule has 0 aromatic carbocycles. The molecule has 5 N–H and O–H groups in total. The number of Topliss-reactive ketones (excluding diaryl/α,β-unsaturated/α-hetero) is 3. The van der Waals surface area contributed by atoms with E-state index in [0.29, 0.717) is 13.0 Å². The van der Waals surface area contributed by atoms with Gasteiger partial charge in [-0.05, 0) is 60.7 Å². The fourth-order valence-corrected chi connectivity index (χ4v) is 8.87. The molecule has 1 saturated heterocycles. The molecule has 2 aliphatic carbocycles. The molecule has 0 bridgehead atoms. The summed E-state index contributed by atoms with van der Waals surface area (Å²) in [5.41, 5.74) is 8.39. The van der Waals surface area contributed by atoms with Crippen LogP contribution >= 0.6 is 0 Å². The van der Waals surface area contributed by atoms with Crippen molar-refractivity contribution in [1.82, 2.24) is 10.2 Å². The third kappa shape index (κ3) is 7.94. The number of nitrogens with zero attached hydrogens (tertiary/aromatic N) is 1. The van der Waals surface area contributed by atoms with Gasteiger partial charge in [-0.2, -0.15) is 0 Å². The van der Waals surface area contributed by atoms with Crippen molar-refractivity contribution in [3.05, 3.63) is 0 Å². The first kappa shape index (κ1) is 40.7. The number of hydrogen-bond acceptors (Lipinski definition) is 7. The zero-order valence-electron chi connectivity index (χ0n) is 31.3. The Bertz CT molecular complexity index is 1340. The third-order valence-electron chi connectivity index (χ3n) is 12.6. The lowest BCUT2D eigenvalue weighted by Crippen LogP contribution is -2.51. The van der Waals surface area contributed by atoms with E-state index >= 15 is 0 Å². The van der Waals surface area contributed by atoms with Crippen LogP contribution in [0.5, 0.6) is 0 Å². The van der Waals surface area contributed by atoms with Gasteiger partial charge in [-0.3, -0.25) is 28.8 Å². The van der Waals surface area contributed by atoms with Gasteiger partial charge in [0.2, 0.25) is 24.0 Å². The summed E-state index contributed by atoms with van der Waals surface area (Å²) in [6, 6.07) is -0.982. The van der Waals surface area contributed by atoms with Crippen LogP contribution in [0.25, 0.3) is 0 Å². The minimum atomic E-state index is -2.93. The maximum Gasteiger partial charge on any atom is 0.285 e. The number of halogens is 2. The van der Waals surface area contributed by atoms with Gasteiger partial charge >= 0.3 is 0 Å². The molecule has 1 aliphatic heterocycles. The number of hydrogen-bond donors (Lipinski definition) is 3. The van der Waals surface area contributed by atoms with E-state index in [2.05, 4.69) is 19.2 Å². The average Bonchev–Trinajstić information content (AvgIpc) is 3.14. The quantitative estimate of drug-likeness (QED) is 0.211. The number of fused-ring (bicyclic) bond motifs is 1. The lowest BCUT2D eigenvalue weighted by atomic mass is 9.73. The second kappa shape index (κ2) is 13.8. The number of nitrogens with one attached hydrogen (secondary N) is 1. The van der Waals surface area contributed by atoms with Gasteiger partial charge in [0, 0.05) is 56.0 Å². The zero-order valence-corrected chi connectivity index (χ0v) is 31.3. The highest BCUT2D eigenvalue weighted by Gasteiger charge is 2.85.